The van der Waals surface area contributed by atoms with E-state index in [0.29, 0.717) is 52.8 Å². The van der Waals surface area contributed by atoms with Gasteiger partial charge in [0.15, 0.2) is 16.7 Å². The molecule has 0 aromatic heterocycles. The number of rotatable bonds is 11. The van der Waals surface area contributed by atoms with E-state index in [4.69, 9.17) is 30.8 Å². The van der Waals surface area contributed by atoms with E-state index in [1.165, 1.54) is 11.8 Å². The Morgan fingerprint density at radius 1 is 1.05 bits per heavy atom. The van der Waals surface area contributed by atoms with Crippen LogP contribution < -0.4 is 14.2 Å². The quantitative estimate of drug-likeness (QED) is 0.177. The molecule has 0 aliphatic carbocycles. The lowest BCUT2D eigenvalue weighted by atomic mass is 10.0. The zero-order chi connectivity index (χ0) is 27.8. The SMILES string of the molecule is C=CCc1cc(/C=C2/SC(=Nc3ccc(OC)cc3)N(CC)C2=O)cc(OCC)c1OCc1ccccc1Cl. The molecule has 1 heterocycles. The first kappa shape index (κ1) is 28.3. The number of ether oxygens (including phenoxy) is 3. The second-order valence-corrected chi connectivity index (χ2v) is 9.98. The van der Waals surface area contributed by atoms with E-state index in [9.17, 15) is 4.79 Å². The highest BCUT2D eigenvalue weighted by molar-refractivity contribution is 8.18. The number of amides is 1. The van der Waals surface area contributed by atoms with Crippen molar-refractivity contribution in [2.24, 2.45) is 4.99 Å². The molecule has 8 heteroatoms. The van der Waals surface area contributed by atoms with E-state index in [-0.39, 0.29) is 5.91 Å². The van der Waals surface area contributed by atoms with Crippen LogP contribution in [-0.2, 0) is 17.8 Å². The standard InChI is InChI=1S/C31H31ClN2O4S/c1-5-10-22-17-21(18-27(37-7-3)29(22)38-20-23-11-8-9-12-26(23)32)19-28-30(35)34(6-2)31(39-28)33-24-13-15-25(36-4)16-14-24/h5,8-9,11-19H,1,6-7,10,20H2,2-4H3/b28-19+,33-31?. The molecule has 1 aliphatic heterocycles. The van der Waals surface area contributed by atoms with Gasteiger partial charge in [0.1, 0.15) is 12.4 Å². The molecule has 0 N–H and O–H groups in total. The fourth-order valence-corrected chi connectivity index (χ4v) is 5.31. The molecule has 0 radical (unpaired) electrons. The predicted molar refractivity (Wildman–Crippen MR) is 160 cm³/mol. The van der Waals surface area contributed by atoms with Crippen molar-refractivity contribution in [3.63, 3.8) is 0 Å². The Kier molecular flexibility index (Phi) is 9.74. The minimum Gasteiger partial charge on any atom is -0.497 e. The zero-order valence-electron chi connectivity index (χ0n) is 22.3. The molecule has 1 fully saturated rings. The van der Waals surface area contributed by atoms with Crippen molar-refractivity contribution in [3.8, 4) is 17.2 Å². The number of hydrogen-bond donors (Lipinski definition) is 0. The van der Waals surface area contributed by atoms with Gasteiger partial charge in [-0.25, -0.2) is 4.99 Å². The van der Waals surface area contributed by atoms with Gasteiger partial charge in [0.05, 0.1) is 24.3 Å². The van der Waals surface area contributed by atoms with Gasteiger partial charge in [-0.15, -0.1) is 6.58 Å². The monoisotopic (exact) mass is 562 g/mol. The maximum atomic E-state index is 13.3. The summed E-state index contributed by atoms with van der Waals surface area (Å²) in [4.78, 5) is 20.2. The lowest BCUT2D eigenvalue weighted by Gasteiger charge is -2.17. The molecular weight excluding hydrogens is 532 g/mol. The fourth-order valence-electron chi connectivity index (χ4n) is 4.05. The summed E-state index contributed by atoms with van der Waals surface area (Å²) in [6, 6.07) is 18.9. The average molecular weight is 563 g/mol. The maximum absolute atomic E-state index is 13.3. The number of carbonyl (C=O) groups excluding carboxylic acids is 1. The third-order valence-corrected chi connectivity index (χ3v) is 7.32. The molecule has 6 nitrogen and oxygen atoms in total. The van der Waals surface area contributed by atoms with Gasteiger partial charge in [0.2, 0.25) is 0 Å². The highest BCUT2D eigenvalue weighted by atomic mass is 35.5. The molecule has 0 spiro atoms. The summed E-state index contributed by atoms with van der Waals surface area (Å²) in [5.74, 6) is 1.91. The fraction of sp³-hybridized carbons (Fsp3) is 0.226. The van der Waals surface area contributed by atoms with Gasteiger partial charge in [-0.3, -0.25) is 9.69 Å². The number of thioether (sulfide) groups is 1. The third kappa shape index (κ3) is 6.85. The van der Waals surface area contributed by atoms with Crippen molar-refractivity contribution in [1.82, 2.24) is 4.90 Å². The normalized spacial score (nSPS) is 15.2. The predicted octanol–water partition coefficient (Wildman–Crippen LogP) is 7.68. The number of aliphatic imine (C=N–C) groups is 1. The number of amidine groups is 1. The molecule has 4 rings (SSSR count). The van der Waals surface area contributed by atoms with Crippen LogP contribution in [0, 0.1) is 0 Å². The van der Waals surface area contributed by atoms with Gasteiger partial charge in [-0.05, 0) is 86.1 Å². The Bertz CT molecular complexity index is 1400. The van der Waals surface area contributed by atoms with E-state index >= 15 is 0 Å². The van der Waals surface area contributed by atoms with Crippen molar-refractivity contribution in [2.45, 2.75) is 26.9 Å². The van der Waals surface area contributed by atoms with E-state index < -0.39 is 0 Å². The second kappa shape index (κ2) is 13.4. The van der Waals surface area contributed by atoms with Crippen LogP contribution in [0.15, 0.2) is 83.2 Å². The molecule has 202 valence electrons. The van der Waals surface area contributed by atoms with Crippen molar-refractivity contribution in [3.05, 3.63) is 99.9 Å². The van der Waals surface area contributed by atoms with E-state index in [1.54, 1.807) is 12.0 Å². The number of benzene rings is 3. The maximum Gasteiger partial charge on any atom is 0.266 e. The minimum absolute atomic E-state index is 0.0861. The number of likely N-dealkylation sites (N-methyl/N-ethyl adjacent to an activating group) is 1. The highest BCUT2D eigenvalue weighted by Crippen LogP contribution is 2.38. The zero-order valence-corrected chi connectivity index (χ0v) is 23.8. The minimum atomic E-state index is -0.0861. The summed E-state index contributed by atoms with van der Waals surface area (Å²) in [6.07, 6.45) is 4.26. The number of carbonyl (C=O) groups is 1. The highest BCUT2D eigenvalue weighted by Gasteiger charge is 2.32. The van der Waals surface area contributed by atoms with Crippen LogP contribution in [0.1, 0.15) is 30.5 Å². The summed E-state index contributed by atoms with van der Waals surface area (Å²) in [5, 5.41) is 1.28. The van der Waals surface area contributed by atoms with Gasteiger partial charge in [-0.2, -0.15) is 0 Å². The van der Waals surface area contributed by atoms with Gasteiger partial charge < -0.3 is 14.2 Å². The summed E-state index contributed by atoms with van der Waals surface area (Å²) in [7, 11) is 1.62. The van der Waals surface area contributed by atoms with Gasteiger partial charge >= 0.3 is 0 Å². The number of nitrogens with zero attached hydrogens (tertiary/aromatic N) is 2. The molecule has 0 unspecified atom stereocenters. The molecule has 39 heavy (non-hydrogen) atoms. The number of methoxy groups -OCH3 is 1. The van der Waals surface area contributed by atoms with Crippen LogP contribution in [-0.4, -0.2) is 36.2 Å². The molecule has 0 bridgehead atoms. The molecule has 3 aromatic carbocycles. The van der Waals surface area contributed by atoms with Gasteiger partial charge in [-0.1, -0.05) is 35.9 Å². The van der Waals surface area contributed by atoms with Crippen molar-refractivity contribution >= 4 is 46.2 Å². The number of hydrogen-bond acceptors (Lipinski definition) is 6. The Labute approximate surface area is 238 Å². The van der Waals surface area contributed by atoms with Crippen molar-refractivity contribution < 1.29 is 19.0 Å². The van der Waals surface area contributed by atoms with Crippen LogP contribution in [0.25, 0.3) is 6.08 Å². The Morgan fingerprint density at radius 2 is 1.82 bits per heavy atom. The third-order valence-electron chi connectivity index (χ3n) is 5.95. The second-order valence-electron chi connectivity index (χ2n) is 8.57. The summed E-state index contributed by atoms with van der Waals surface area (Å²) in [6.45, 7) is 9.05. The molecular formula is C31H31ClN2O4S. The Balaban J connectivity index is 1.66. The largest absolute Gasteiger partial charge is 0.497 e. The molecule has 1 saturated heterocycles. The summed E-state index contributed by atoms with van der Waals surface area (Å²) < 4.78 is 17.4. The first-order valence-corrected chi connectivity index (χ1v) is 13.9. The average Bonchev–Trinajstić information content (AvgIpc) is 3.23. The topological polar surface area (TPSA) is 60.4 Å². The van der Waals surface area contributed by atoms with E-state index in [1.807, 2.05) is 86.7 Å². The van der Waals surface area contributed by atoms with Crippen LogP contribution in [0.5, 0.6) is 17.2 Å². The summed E-state index contributed by atoms with van der Waals surface area (Å²) in [5.41, 5.74) is 3.37. The Morgan fingerprint density at radius 3 is 2.49 bits per heavy atom. The molecule has 1 aliphatic rings. The first-order chi connectivity index (χ1) is 19.0. The van der Waals surface area contributed by atoms with Gasteiger partial charge in [0, 0.05) is 22.7 Å². The lowest BCUT2D eigenvalue weighted by Crippen LogP contribution is -2.28. The Hall–Kier alpha value is -3.68. The van der Waals surface area contributed by atoms with Crippen molar-refractivity contribution in [2.75, 3.05) is 20.3 Å². The number of allylic oxidation sites excluding steroid dienone is 1. The molecule has 0 saturated carbocycles. The number of halogens is 1. The smallest absolute Gasteiger partial charge is 0.266 e. The van der Waals surface area contributed by atoms with E-state index in [2.05, 4.69) is 6.58 Å². The molecule has 3 aromatic rings. The van der Waals surface area contributed by atoms with Crippen LogP contribution >= 0.6 is 23.4 Å². The molecule has 0 atom stereocenters. The van der Waals surface area contributed by atoms with Crippen LogP contribution in [0.2, 0.25) is 5.02 Å². The first-order valence-electron chi connectivity index (χ1n) is 12.7. The lowest BCUT2D eigenvalue weighted by molar-refractivity contribution is -0.122. The van der Waals surface area contributed by atoms with Crippen molar-refractivity contribution in [1.29, 1.82) is 0 Å². The van der Waals surface area contributed by atoms with E-state index in [0.717, 1.165) is 28.1 Å². The molecule has 1 amide bonds. The summed E-state index contributed by atoms with van der Waals surface area (Å²) >= 11 is 7.69. The van der Waals surface area contributed by atoms with Crippen LogP contribution in [0.4, 0.5) is 5.69 Å². The van der Waals surface area contributed by atoms with Crippen LogP contribution in [0.3, 0.4) is 0 Å². The van der Waals surface area contributed by atoms with Gasteiger partial charge in [0.25, 0.3) is 5.91 Å².